The van der Waals surface area contributed by atoms with Crippen molar-refractivity contribution in [2.24, 2.45) is 11.8 Å². The number of likely N-dealkylation sites (tertiary alicyclic amines) is 1. The first-order chi connectivity index (χ1) is 6.54. The van der Waals surface area contributed by atoms with Crippen molar-refractivity contribution in [3.63, 3.8) is 0 Å². The standard InChI is InChI=1S/C9H15NO4/c1-2-10-4-6(8(11)12)3-7(5-10)9(13)14/h6-7H,2-5H2,1H3,(H,11,12)(H,13,14). The zero-order valence-electron chi connectivity index (χ0n) is 8.14. The number of rotatable bonds is 3. The molecule has 5 nitrogen and oxygen atoms in total. The van der Waals surface area contributed by atoms with Crippen LogP contribution in [0.3, 0.4) is 0 Å². The molecule has 2 atom stereocenters. The molecule has 1 aliphatic rings. The second-order valence-electron chi connectivity index (χ2n) is 3.66. The van der Waals surface area contributed by atoms with E-state index in [-0.39, 0.29) is 6.42 Å². The average molecular weight is 201 g/mol. The maximum atomic E-state index is 10.8. The minimum absolute atomic E-state index is 0.251. The summed E-state index contributed by atoms with van der Waals surface area (Å²) in [4.78, 5) is 23.4. The summed E-state index contributed by atoms with van der Waals surface area (Å²) in [6.07, 6.45) is 0.251. The quantitative estimate of drug-likeness (QED) is 0.677. The van der Waals surface area contributed by atoms with Crippen molar-refractivity contribution in [3.8, 4) is 0 Å². The fraction of sp³-hybridized carbons (Fsp3) is 0.778. The van der Waals surface area contributed by atoms with Crippen molar-refractivity contribution in [1.82, 2.24) is 4.90 Å². The summed E-state index contributed by atoms with van der Waals surface area (Å²) < 4.78 is 0. The highest BCUT2D eigenvalue weighted by Crippen LogP contribution is 2.22. The lowest BCUT2D eigenvalue weighted by molar-refractivity contribution is -0.149. The van der Waals surface area contributed by atoms with Crippen LogP contribution < -0.4 is 0 Å². The molecule has 5 heteroatoms. The largest absolute Gasteiger partial charge is 0.481 e. The molecule has 1 heterocycles. The van der Waals surface area contributed by atoms with Crippen molar-refractivity contribution >= 4 is 11.9 Å². The Morgan fingerprint density at radius 2 is 1.64 bits per heavy atom. The second-order valence-corrected chi connectivity index (χ2v) is 3.66. The predicted octanol–water partition coefficient (Wildman–Crippen LogP) is 0.114. The molecule has 1 rings (SSSR count). The van der Waals surface area contributed by atoms with Crippen molar-refractivity contribution in [3.05, 3.63) is 0 Å². The van der Waals surface area contributed by atoms with E-state index in [1.807, 2.05) is 11.8 Å². The number of carboxylic acids is 2. The normalized spacial score (nSPS) is 28.6. The number of piperidine rings is 1. The summed E-state index contributed by atoms with van der Waals surface area (Å²) in [5.41, 5.74) is 0. The van der Waals surface area contributed by atoms with Gasteiger partial charge in [0, 0.05) is 13.1 Å². The van der Waals surface area contributed by atoms with Crippen LogP contribution >= 0.6 is 0 Å². The number of hydrogen-bond donors (Lipinski definition) is 2. The van der Waals surface area contributed by atoms with Gasteiger partial charge in [-0.05, 0) is 13.0 Å². The minimum Gasteiger partial charge on any atom is -0.481 e. The summed E-state index contributed by atoms with van der Waals surface area (Å²) >= 11 is 0. The molecule has 0 amide bonds. The van der Waals surface area contributed by atoms with Gasteiger partial charge in [0.05, 0.1) is 11.8 Å². The Morgan fingerprint density at radius 3 is 1.93 bits per heavy atom. The third kappa shape index (κ3) is 2.45. The summed E-state index contributed by atoms with van der Waals surface area (Å²) in [7, 11) is 0. The molecule has 1 saturated heterocycles. The molecule has 0 aliphatic carbocycles. The monoisotopic (exact) mass is 201 g/mol. The zero-order valence-corrected chi connectivity index (χ0v) is 8.14. The fourth-order valence-electron chi connectivity index (χ4n) is 1.81. The van der Waals surface area contributed by atoms with Crippen LogP contribution in [0.1, 0.15) is 13.3 Å². The van der Waals surface area contributed by atoms with Crippen LogP contribution in [-0.2, 0) is 9.59 Å². The van der Waals surface area contributed by atoms with E-state index >= 15 is 0 Å². The lowest BCUT2D eigenvalue weighted by atomic mass is 9.89. The van der Waals surface area contributed by atoms with Crippen LogP contribution in [0.5, 0.6) is 0 Å². The van der Waals surface area contributed by atoms with Crippen LogP contribution in [0.15, 0.2) is 0 Å². The van der Waals surface area contributed by atoms with E-state index in [4.69, 9.17) is 10.2 Å². The number of aliphatic carboxylic acids is 2. The summed E-state index contributed by atoms with van der Waals surface area (Å²) in [5, 5.41) is 17.7. The van der Waals surface area contributed by atoms with Crippen molar-refractivity contribution < 1.29 is 19.8 Å². The van der Waals surface area contributed by atoms with Gasteiger partial charge in [-0.15, -0.1) is 0 Å². The molecule has 2 unspecified atom stereocenters. The molecule has 1 aliphatic heterocycles. The Hall–Kier alpha value is -1.10. The number of carboxylic acid groups (broad SMARTS) is 2. The fourth-order valence-corrected chi connectivity index (χ4v) is 1.81. The van der Waals surface area contributed by atoms with Gasteiger partial charge in [-0.3, -0.25) is 9.59 Å². The van der Waals surface area contributed by atoms with E-state index in [1.54, 1.807) is 0 Å². The maximum Gasteiger partial charge on any atom is 0.307 e. The molecule has 0 bridgehead atoms. The van der Waals surface area contributed by atoms with Gasteiger partial charge in [-0.25, -0.2) is 0 Å². The molecule has 80 valence electrons. The van der Waals surface area contributed by atoms with Gasteiger partial charge in [0.15, 0.2) is 0 Å². The van der Waals surface area contributed by atoms with E-state index < -0.39 is 23.8 Å². The Labute approximate surface area is 82.3 Å². The maximum absolute atomic E-state index is 10.8. The number of nitrogens with zero attached hydrogens (tertiary/aromatic N) is 1. The molecule has 0 radical (unpaired) electrons. The van der Waals surface area contributed by atoms with Crippen LogP contribution in [0.4, 0.5) is 0 Å². The molecule has 0 aromatic carbocycles. The third-order valence-electron chi connectivity index (χ3n) is 2.67. The Bertz CT molecular complexity index is 219. The molecule has 1 fully saturated rings. The van der Waals surface area contributed by atoms with Crippen LogP contribution in [-0.4, -0.2) is 46.7 Å². The van der Waals surface area contributed by atoms with E-state index in [9.17, 15) is 9.59 Å². The Kier molecular flexibility index (Phi) is 3.46. The summed E-state index contributed by atoms with van der Waals surface area (Å²) in [6.45, 7) is 3.54. The minimum atomic E-state index is -0.894. The first kappa shape index (κ1) is 11.0. The van der Waals surface area contributed by atoms with Crippen molar-refractivity contribution in [2.45, 2.75) is 13.3 Å². The zero-order chi connectivity index (χ0) is 10.7. The highest BCUT2D eigenvalue weighted by molar-refractivity contribution is 5.74. The lowest BCUT2D eigenvalue weighted by Gasteiger charge is -2.33. The van der Waals surface area contributed by atoms with Gasteiger partial charge in [0.2, 0.25) is 0 Å². The molecule has 14 heavy (non-hydrogen) atoms. The van der Waals surface area contributed by atoms with Crippen LogP contribution in [0.25, 0.3) is 0 Å². The molecule has 0 saturated carbocycles. The highest BCUT2D eigenvalue weighted by Gasteiger charge is 2.34. The Morgan fingerprint density at radius 1 is 1.21 bits per heavy atom. The van der Waals surface area contributed by atoms with Gasteiger partial charge in [-0.1, -0.05) is 6.92 Å². The first-order valence-corrected chi connectivity index (χ1v) is 4.72. The number of hydrogen-bond acceptors (Lipinski definition) is 3. The number of carbonyl (C=O) groups is 2. The Balaban J connectivity index is 2.66. The molecule has 2 N–H and O–H groups in total. The summed E-state index contributed by atoms with van der Waals surface area (Å²) in [5.74, 6) is -2.86. The van der Waals surface area contributed by atoms with Gasteiger partial charge in [0.1, 0.15) is 0 Å². The van der Waals surface area contributed by atoms with E-state index in [0.717, 1.165) is 0 Å². The van der Waals surface area contributed by atoms with Gasteiger partial charge < -0.3 is 15.1 Å². The predicted molar refractivity (Wildman–Crippen MR) is 49.0 cm³/mol. The van der Waals surface area contributed by atoms with Crippen molar-refractivity contribution in [2.75, 3.05) is 19.6 Å². The van der Waals surface area contributed by atoms with E-state index in [2.05, 4.69) is 0 Å². The molecule has 0 aromatic rings. The van der Waals surface area contributed by atoms with Crippen molar-refractivity contribution in [1.29, 1.82) is 0 Å². The van der Waals surface area contributed by atoms with Crippen LogP contribution in [0, 0.1) is 11.8 Å². The highest BCUT2D eigenvalue weighted by atomic mass is 16.4. The topological polar surface area (TPSA) is 77.8 Å². The molecular formula is C9H15NO4. The molecule has 0 spiro atoms. The van der Waals surface area contributed by atoms with Gasteiger partial charge >= 0.3 is 11.9 Å². The lowest BCUT2D eigenvalue weighted by Crippen LogP contribution is -2.45. The molecule has 0 aromatic heterocycles. The van der Waals surface area contributed by atoms with E-state index in [0.29, 0.717) is 19.6 Å². The van der Waals surface area contributed by atoms with Crippen LogP contribution in [0.2, 0.25) is 0 Å². The average Bonchev–Trinajstić information content (AvgIpc) is 2.16. The second kappa shape index (κ2) is 4.41. The van der Waals surface area contributed by atoms with Gasteiger partial charge in [-0.2, -0.15) is 0 Å². The third-order valence-corrected chi connectivity index (χ3v) is 2.67. The van der Waals surface area contributed by atoms with E-state index in [1.165, 1.54) is 0 Å². The summed E-state index contributed by atoms with van der Waals surface area (Å²) in [6, 6.07) is 0. The smallest absolute Gasteiger partial charge is 0.307 e. The first-order valence-electron chi connectivity index (χ1n) is 4.72. The SMILES string of the molecule is CCN1CC(C(=O)O)CC(C(=O)O)C1. The van der Waals surface area contributed by atoms with Gasteiger partial charge in [0.25, 0.3) is 0 Å². The molecular weight excluding hydrogens is 186 g/mol.